The molecule has 0 spiro atoms. The lowest BCUT2D eigenvalue weighted by molar-refractivity contribution is -0.146. The van der Waals surface area contributed by atoms with Crippen molar-refractivity contribution in [2.75, 3.05) is 37.3 Å². The summed E-state index contributed by atoms with van der Waals surface area (Å²) < 4.78 is 31.8. The lowest BCUT2D eigenvalue weighted by Crippen LogP contribution is -2.41. The number of nitrogens with two attached hydrogens (primary N) is 1. The first-order chi connectivity index (χ1) is 15.5. The molecule has 2 aromatic heterocycles. The van der Waals surface area contributed by atoms with Gasteiger partial charge in [0.05, 0.1) is 26.1 Å². The fourth-order valence-electron chi connectivity index (χ4n) is 3.26. The molecule has 0 aliphatic carbocycles. The number of fused-ring (bicyclic) bond motifs is 1. The highest BCUT2D eigenvalue weighted by Gasteiger charge is 2.36. The number of carbonyl (C=O) groups excluding carboxylic acids is 1. The number of hydrogen-bond acceptors (Lipinski definition) is 10. The van der Waals surface area contributed by atoms with Gasteiger partial charge in [-0.05, 0) is 24.9 Å². The van der Waals surface area contributed by atoms with Gasteiger partial charge in [0.1, 0.15) is 30.3 Å². The number of imidazole rings is 1. The zero-order chi connectivity index (χ0) is 23.0. The molecule has 11 nitrogen and oxygen atoms in total. The number of aromatic nitrogens is 4. The summed E-state index contributed by atoms with van der Waals surface area (Å²) in [4.78, 5) is 24.9. The molecule has 3 heterocycles. The van der Waals surface area contributed by atoms with Crippen molar-refractivity contribution in [3.8, 4) is 0 Å². The van der Waals surface area contributed by atoms with Crippen molar-refractivity contribution in [1.82, 2.24) is 24.6 Å². The van der Waals surface area contributed by atoms with Crippen molar-refractivity contribution in [2.24, 2.45) is 0 Å². The first kappa shape index (κ1) is 24.9. The Morgan fingerprint density at radius 3 is 3.00 bits per heavy atom. The number of ether oxygens (including phenoxy) is 2. The molecule has 0 radical (unpaired) electrons. The topological polar surface area (TPSA) is 143 Å². The standard InChI is InChI=1S/C19H31N6O5PS/c1-3-4-5-7-28-19(26)15(6-8-32-2)24-31(27)13-29-14(10-30-31)9-25-12-23-16-17(20)21-11-22-18(16)25/h11-12,14-15H,3-10,13H2,1-2H3,(H,24,27)(H2,20,21,22)/t14?,15-,31?/m0/s1. The molecule has 13 heteroatoms. The molecule has 32 heavy (non-hydrogen) atoms. The molecule has 3 atom stereocenters. The third kappa shape index (κ3) is 6.64. The van der Waals surface area contributed by atoms with Crippen molar-refractivity contribution >= 4 is 42.2 Å². The Balaban J connectivity index is 1.55. The van der Waals surface area contributed by atoms with Gasteiger partial charge in [-0.1, -0.05) is 19.8 Å². The summed E-state index contributed by atoms with van der Waals surface area (Å²) in [7, 11) is -3.34. The van der Waals surface area contributed by atoms with E-state index in [1.54, 1.807) is 22.7 Å². The summed E-state index contributed by atoms with van der Waals surface area (Å²) in [6.07, 6.45) is 7.80. The molecule has 2 unspecified atom stereocenters. The molecular formula is C19H31N6O5PS. The van der Waals surface area contributed by atoms with E-state index in [2.05, 4.69) is 27.0 Å². The van der Waals surface area contributed by atoms with Crippen LogP contribution in [0.5, 0.6) is 0 Å². The Hall–Kier alpha value is -1.72. The zero-order valence-corrected chi connectivity index (χ0v) is 20.1. The second-order valence-electron chi connectivity index (χ2n) is 7.55. The quantitative estimate of drug-likeness (QED) is 0.259. The largest absolute Gasteiger partial charge is 0.465 e. The summed E-state index contributed by atoms with van der Waals surface area (Å²) in [6, 6.07) is -0.702. The number of esters is 1. The Kier molecular flexibility index (Phi) is 9.30. The van der Waals surface area contributed by atoms with Crippen molar-refractivity contribution in [3.63, 3.8) is 0 Å². The summed E-state index contributed by atoms with van der Waals surface area (Å²) in [5, 5.41) is 2.89. The molecule has 1 aliphatic rings. The Labute approximate surface area is 191 Å². The number of unbranched alkanes of at least 4 members (excludes halogenated alkanes) is 2. The van der Waals surface area contributed by atoms with Crippen molar-refractivity contribution in [3.05, 3.63) is 12.7 Å². The van der Waals surface area contributed by atoms with E-state index in [4.69, 9.17) is 19.7 Å². The minimum Gasteiger partial charge on any atom is -0.465 e. The number of nitrogen functional groups attached to an aromatic ring is 1. The van der Waals surface area contributed by atoms with Crippen molar-refractivity contribution in [1.29, 1.82) is 0 Å². The summed E-state index contributed by atoms with van der Waals surface area (Å²) in [5.41, 5.74) is 6.93. The minimum absolute atomic E-state index is 0.102. The van der Waals surface area contributed by atoms with Gasteiger partial charge in [0.15, 0.2) is 11.5 Å². The summed E-state index contributed by atoms with van der Waals surface area (Å²) in [5.74, 6) is 0.628. The predicted molar refractivity (Wildman–Crippen MR) is 123 cm³/mol. The van der Waals surface area contributed by atoms with Gasteiger partial charge in [0, 0.05) is 0 Å². The predicted octanol–water partition coefficient (Wildman–Crippen LogP) is 2.42. The Morgan fingerprint density at radius 1 is 1.44 bits per heavy atom. The van der Waals surface area contributed by atoms with Gasteiger partial charge < -0.3 is 24.3 Å². The molecule has 1 saturated heterocycles. The zero-order valence-electron chi connectivity index (χ0n) is 18.4. The van der Waals surface area contributed by atoms with E-state index in [1.165, 1.54) is 6.33 Å². The van der Waals surface area contributed by atoms with Crippen LogP contribution in [0.1, 0.15) is 32.6 Å². The second-order valence-corrected chi connectivity index (χ2v) is 10.7. The molecule has 178 valence electrons. The average molecular weight is 487 g/mol. The molecular weight excluding hydrogens is 455 g/mol. The molecule has 0 amide bonds. The third-order valence-electron chi connectivity index (χ3n) is 5.02. The van der Waals surface area contributed by atoms with Crippen LogP contribution >= 0.6 is 19.3 Å². The number of carbonyl (C=O) groups is 1. The molecule has 3 N–H and O–H groups in total. The highest BCUT2D eigenvalue weighted by atomic mass is 32.2. The SMILES string of the molecule is CCCCCOC(=O)[C@H](CCSC)NP1(=O)COC(Cn2cnc3c(N)ncnc32)CO1. The van der Waals surface area contributed by atoms with E-state index < -0.39 is 19.5 Å². The maximum Gasteiger partial charge on any atom is 0.323 e. The van der Waals surface area contributed by atoms with Gasteiger partial charge in [-0.15, -0.1) is 0 Å². The van der Waals surface area contributed by atoms with E-state index in [0.29, 0.717) is 36.6 Å². The van der Waals surface area contributed by atoms with E-state index in [1.807, 2.05) is 6.26 Å². The van der Waals surface area contributed by atoms with Gasteiger partial charge in [-0.25, -0.2) is 20.0 Å². The molecule has 3 rings (SSSR count). The number of nitrogens with one attached hydrogen (secondary N) is 1. The van der Waals surface area contributed by atoms with Gasteiger partial charge in [0.2, 0.25) is 0 Å². The molecule has 1 fully saturated rings. The third-order valence-corrected chi connectivity index (χ3v) is 7.42. The normalized spacial score (nSPS) is 22.1. The number of nitrogens with zero attached hydrogens (tertiary/aromatic N) is 4. The summed E-state index contributed by atoms with van der Waals surface area (Å²) in [6.45, 7) is 2.96. The maximum absolute atomic E-state index is 13.2. The van der Waals surface area contributed by atoms with Gasteiger partial charge in [0.25, 0.3) is 7.52 Å². The highest BCUT2D eigenvalue weighted by molar-refractivity contribution is 7.98. The van der Waals surface area contributed by atoms with E-state index in [0.717, 1.165) is 25.0 Å². The van der Waals surface area contributed by atoms with E-state index in [-0.39, 0.29) is 19.1 Å². The molecule has 0 saturated carbocycles. The van der Waals surface area contributed by atoms with Crippen LogP contribution < -0.4 is 10.8 Å². The lowest BCUT2D eigenvalue weighted by Gasteiger charge is -2.32. The molecule has 2 aromatic rings. The van der Waals surface area contributed by atoms with Crippen molar-refractivity contribution in [2.45, 2.75) is 51.3 Å². The number of hydrogen-bond donors (Lipinski definition) is 2. The smallest absolute Gasteiger partial charge is 0.323 e. The van der Waals surface area contributed by atoms with Crippen molar-refractivity contribution < 1.29 is 23.4 Å². The molecule has 0 aromatic carbocycles. The van der Waals surface area contributed by atoms with Crippen LogP contribution in [0.4, 0.5) is 5.82 Å². The number of thioether (sulfide) groups is 1. The summed E-state index contributed by atoms with van der Waals surface area (Å²) >= 11 is 1.61. The fourth-order valence-corrected chi connectivity index (χ4v) is 5.48. The van der Waals surface area contributed by atoms with Gasteiger partial charge in [-0.3, -0.25) is 9.36 Å². The van der Waals surface area contributed by atoms with E-state index >= 15 is 0 Å². The first-order valence-corrected chi connectivity index (χ1v) is 13.9. The fraction of sp³-hybridized carbons (Fsp3) is 0.684. The highest BCUT2D eigenvalue weighted by Crippen LogP contribution is 2.46. The maximum atomic E-state index is 13.2. The van der Waals surface area contributed by atoms with Crippen LogP contribution in [0.2, 0.25) is 0 Å². The average Bonchev–Trinajstić information content (AvgIpc) is 3.20. The van der Waals surface area contributed by atoms with E-state index in [9.17, 15) is 9.36 Å². The number of rotatable bonds is 12. The second kappa shape index (κ2) is 11.9. The van der Waals surface area contributed by atoms with Crippen LogP contribution in [-0.4, -0.2) is 69.2 Å². The van der Waals surface area contributed by atoms with Crippen LogP contribution in [0.15, 0.2) is 12.7 Å². The van der Waals surface area contributed by atoms with Crippen LogP contribution in [0, 0.1) is 0 Å². The van der Waals surface area contributed by atoms with Crippen LogP contribution in [0.25, 0.3) is 11.2 Å². The van der Waals surface area contributed by atoms with Crippen LogP contribution in [-0.2, 0) is 29.9 Å². The Bertz CT molecular complexity index is 932. The first-order valence-electron chi connectivity index (χ1n) is 10.7. The molecule has 0 bridgehead atoms. The lowest BCUT2D eigenvalue weighted by atomic mass is 10.2. The van der Waals surface area contributed by atoms with Gasteiger partial charge in [-0.2, -0.15) is 11.8 Å². The Morgan fingerprint density at radius 2 is 2.28 bits per heavy atom. The minimum atomic E-state index is -3.34. The monoisotopic (exact) mass is 486 g/mol. The number of anilines is 1. The van der Waals surface area contributed by atoms with Crippen LogP contribution in [0.3, 0.4) is 0 Å². The van der Waals surface area contributed by atoms with Gasteiger partial charge >= 0.3 is 5.97 Å². The molecule has 1 aliphatic heterocycles.